The van der Waals surface area contributed by atoms with Crippen molar-refractivity contribution >= 4 is 11.5 Å². The summed E-state index contributed by atoms with van der Waals surface area (Å²) in [6, 6.07) is 0.783. The van der Waals surface area contributed by atoms with E-state index in [2.05, 4.69) is 25.8 Å². The molecule has 3 rings (SSSR count). The second kappa shape index (κ2) is 4.89. The zero-order valence-electron chi connectivity index (χ0n) is 10.6. The van der Waals surface area contributed by atoms with Crippen LogP contribution in [-0.2, 0) is 0 Å². The number of hydrogen-bond acceptors (Lipinski definition) is 5. The van der Waals surface area contributed by atoms with Gasteiger partial charge < -0.3 is 10.6 Å². The van der Waals surface area contributed by atoms with E-state index in [4.69, 9.17) is 0 Å². The zero-order valence-corrected chi connectivity index (χ0v) is 10.6. The summed E-state index contributed by atoms with van der Waals surface area (Å²) in [6.07, 6.45) is 7.42. The van der Waals surface area contributed by atoms with Crippen molar-refractivity contribution in [3.05, 3.63) is 18.2 Å². The number of aryl methyl sites for hydroxylation is 1. The molecule has 1 fully saturated rings. The standard InChI is InChI=1S/C12H18N6/c1-9-16-17-12-11(15-7-8-18(9)12)14-6-2-5-13-10-3-4-10/h7-8,10,13H,2-6H2,1H3,(H,14,15). The summed E-state index contributed by atoms with van der Waals surface area (Å²) < 4.78 is 1.94. The molecule has 1 aliphatic rings. The number of rotatable bonds is 6. The summed E-state index contributed by atoms with van der Waals surface area (Å²) in [4.78, 5) is 4.31. The molecule has 0 amide bonds. The van der Waals surface area contributed by atoms with Crippen molar-refractivity contribution in [3.8, 4) is 0 Å². The molecule has 0 aliphatic heterocycles. The molecule has 2 aromatic rings. The van der Waals surface area contributed by atoms with Crippen LogP contribution in [0, 0.1) is 6.92 Å². The Morgan fingerprint density at radius 3 is 3.06 bits per heavy atom. The van der Waals surface area contributed by atoms with E-state index in [0.29, 0.717) is 0 Å². The van der Waals surface area contributed by atoms with Crippen molar-refractivity contribution in [2.75, 3.05) is 18.4 Å². The van der Waals surface area contributed by atoms with Crippen LogP contribution < -0.4 is 10.6 Å². The predicted octanol–water partition coefficient (Wildman–Crippen LogP) is 0.987. The van der Waals surface area contributed by atoms with Gasteiger partial charge in [-0.15, -0.1) is 10.2 Å². The topological polar surface area (TPSA) is 67.1 Å². The van der Waals surface area contributed by atoms with Crippen molar-refractivity contribution in [1.29, 1.82) is 0 Å². The summed E-state index contributed by atoms with van der Waals surface area (Å²) in [5.41, 5.74) is 0.796. The molecular formula is C12H18N6. The summed E-state index contributed by atoms with van der Waals surface area (Å²) in [7, 11) is 0. The Morgan fingerprint density at radius 2 is 2.22 bits per heavy atom. The summed E-state index contributed by atoms with van der Waals surface area (Å²) in [6.45, 7) is 3.90. The lowest BCUT2D eigenvalue weighted by Crippen LogP contribution is -2.20. The minimum Gasteiger partial charge on any atom is -0.367 e. The number of nitrogens with one attached hydrogen (secondary N) is 2. The van der Waals surface area contributed by atoms with Crippen LogP contribution in [0.25, 0.3) is 5.65 Å². The molecule has 2 aromatic heterocycles. The largest absolute Gasteiger partial charge is 0.367 e. The second-order valence-corrected chi connectivity index (χ2v) is 4.73. The van der Waals surface area contributed by atoms with Crippen molar-refractivity contribution in [3.63, 3.8) is 0 Å². The van der Waals surface area contributed by atoms with Crippen LogP contribution in [0.1, 0.15) is 25.1 Å². The van der Waals surface area contributed by atoms with Gasteiger partial charge in [0.15, 0.2) is 5.82 Å². The Labute approximate surface area is 106 Å². The first-order valence-corrected chi connectivity index (χ1v) is 6.48. The van der Waals surface area contributed by atoms with Crippen molar-refractivity contribution < 1.29 is 0 Å². The van der Waals surface area contributed by atoms with Gasteiger partial charge >= 0.3 is 0 Å². The third kappa shape index (κ3) is 2.43. The third-order valence-electron chi connectivity index (χ3n) is 3.15. The van der Waals surface area contributed by atoms with Gasteiger partial charge in [-0.05, 0) is 32.7 Å². The molecule has 0 radical (unpaired) electrons. The van der Waals surface area contributed by atoms with E-state index in [-0.39, 0.29) is 0 Å². The monoisotopic (exact) mass is 246 g/mol. The van der Waals surface area contributed by atoms with Gasteiger partial charge in [-0.25, -0.2) is 4.98 Å². The van der Waals surface area contributed by atoms with E-state index in [1.165, 1.54) is 12.8 Å². The highest BCUT2D eigenvalue weighted by Crippen LogP contribution is 2.18. The molecule has 6 nitrogen and oxygen atoms in total. The molecule has 2 N–H and O–H groups in total. The molecule has 0 unspecified atom stereocenters. The highest BCUT2D eigenvalue weighted by Gasteiger charge is 2.19. The molecule has 0 spiro atoms. The maximum absolute atomic E-state index is 4.31. The molecule has 0 saturated heterocycles. The lowest BCUT2D eigenvalue weighted by molar-refractivity contribution is 0.658. The fourth-order valence-corrected chi connectivity index (χ4v) is 1.96. The van der Waals surface area contributed by atoms with Crippen LogP contribution in [-0.4, -0.2) is 38.7 Å². The van der Waals surface area contributed by atoms with E-state index < -0.39 is 0 Å². The highest BCUT2D eigenvalue weighted by atomic mass is 15.3. The molecule has 0 atom stereocenters. The first-order valence-electron chi connectivity index (χ1n) is 6.48. The van der Waals surface area contributed by atoms with Crippen molar-refractivity contribution in [1.82, 2.24) is 24.9 Å². The van der Waals surface area contributed by atoms with E-state index in [1.807, 2.05) is 17.5 Å². The van der Waals surface area contributed by atoms with Crippen molar-refractivity contribution in [2.24, 2.45) is 0 Å². The van der Waals surface area contributed by atoms with Crippen LogP contribution >= 0.6 is 0 Å². The first-order chi connectivity index (χ1) is 8.84. The van der Waals surface area contributed by atoms with Gasteiger partial charge in [-0.2, -0.15) is 0 Å². The number of nitrogens with zero attached hydrogens (tertiary/aromatic N) is 4. The summed E-state index contributed by atoms with van der Waals surface area (Å²) in [5, 5.41) is 15.0. The van der Waals surface area contributed by atoms with Gasteiger partial charge in [0.1, 0.15) is 5.82 Å². The van der Waals surface area contributed by atoms with E-state index in [0.717, 1.165) is 42.8 Å². The van der Waals surface area contributed by atoms with Gasteiger partial charge in [0.25, 0.3) is 0 Å². The Bertz CT molecular complexity index is 530. The van der Waals surface area contributed by atoms with E-state index >= 15 is 0 Å². The molecular weight excluding hydrogens is 228 g/mol. The molecule has 96 valence electrons. The van der Waals surface area contributed by atoms with Crippen LogP contribution in [0.2, 0.25) is 0 Å². The molecule has 2 heterocycles. The normalized spacial score (nSPS) is 15.2. The Hall–Kier alpha value is -1.69. The Kier molecular flexibility index (Phi) is 3.10. The van der Waals surface area contributed by atoms with Crippen LogP contribution in [0.15, 0.2) is 12.4 Å². The minimum atomic E-state index is 0.783. The molecule has 1 aliphatic carbocycles. The lowest BCUT2D eigenvalue weighted by Gasteiger charge is -2.06. The molecule has 6 heteroatoms. The Morgan fingerprint density at radius 1 is 1.33 bits per heavy atom. The van der Waals surface area contributed by atoms with Crippen molar-refractivity contribution in [2.45, 2.75) is 32.2 Å². The lowest BCUT2D eigenvalue weighted by atomic mass is 10.4. The summed E-state index contributed by atoms with van der Waals surface area (Å²) >= 11 is 0. The average Bonchev–Trinajstić information content (AvgIpc) is 3.13. The third-order valence-corrected chi connectivity index (χ3v) is 3.15. The predicted molar refractivity (Wildman–Crippen MR) is 69.7 cm³/mol. The molecule has 0 bridgehead atoms. The number of anilines is 1. The van der Waals surface area contributed by atoms with Gasteiger partial charge in [0, 0.05) is 25.0 Å². The van der Waals surface area contributed by atoms with Crippen LogP contribution in [0.5, 0.6) is 0 Å². The molecule has 18 heavy (non-hydrogen) atoms. The average molecular weight is 246 g/mol. The first kappa shape index (κ1) is 11.4. The summed E-state index contributed by atoms with van der Waals surface area (Å²) in [5.74, 6) is 1.69. The number of aromatic nitrogens is 4. The Balaban J connectivity index is 1.56. The van der Waals surface area contributed by atoms with E-state index in [1.54, 1.807) is 6.20 Å². The van der Waals surface area contributed by atoms with Gasteiger partial charge in [-0.1, -0.05) is 0 Å². The van der Waals surface area contributed by atoms with Crippen LogP contribution in [0.4, 0.5) is 5.82 Å². The second-order valence-electron chi connectivity index (χ2n) is 4.73. The van der Waals surface area contributed by atoms with Gasteiger partial charge in [0.05, 0.1) is 0 Å². The smallest absolute Gasteiger partial charge is 0.203 e. The van der Waals surface area contributed by atoms with E-state index in [9.17, 15) is 0 Å². The minimum absolute atomic E-state index is 0.783. The SMILES string of the molecule is Cc1nnc2c(NCCCNC3CC3)nccn12. The maximum Gasteiger partial charge on any atom is 0.203 e. The van der Waals surface area contributed by atoms with Gasteiger partial charge in [0.2, 0.25) is 5.65 Å². The van der Waals surface area contributed by atoms with Gasteiger partial charge in [-0.3, -0.25) is 4.40 Å². The zero-order chi connectivity index (χ0) is 12.4. The number of hydrogen-bond donors (Lipinski definition) is 2. The fraction of sp³-hybridized carbons (Fsp3) is 0.583. The van der Waals surface area contributed by atoms with Crippen LogP contribution in [0.3, 0.4) is 0 Å². The molecule has 0 aromatic carbocycles. The maximum atomic E-state index is 4.31. The number of fused-ring (bicyclic) bond motifs is 1. The fourth-order valence-electron chi connectivity index (χ4n) is 1.96. The highest BCUT2D eigenvalue weighted by molar-refractivity contribution is 5.61. The quantitative estimate of drug-likeness (QED) is 0.744. The molecule has 1 saturated carbocycles.